The summed E-state index contributed by atoms with van der Waals surface area (Å²) in [5.41, 5.74) is 5.79. The molecular weight excluding hydrogens is 639 g/mol. The highest BCUT2D eigenvalue weighted by atomic mass is 35.5. The lowest BCUT2D eigenvalue weighted by molar-refractivity contribution is -0.127. The van der Waals surface area contributed by atoms with Crippen LogP contribution in [-0.2, 0) is 19.2 Å². The highest BCUT2D eigenvalue weighted by molar-refractivity contribution is 6.34. The molecule has 4 aromatic rings. The van der Waals surface area contributed by atoms with Crippen molar-refractivity contribution in [1.29, 1.82) is 0 Å². The summed E-state index contributed by atoms with van der Waals surface area (Å²) in [6.45, 7) is 8.17. The summed E-state index contributed by atoms with van der Waals surface area (Å²) < 4.78 is 0. The van der Waals surface area contributed by atoms with Gasteiger partial charge in [0, 0.05) is 11.4 Å². The first-order valence-electron chi connectivity index (χ1n) is 14.5. The Bertz CT molecular complexity index is 1920. The summed E-state index contributed by atoms with van der Waals surface area (Å²) in [6.07, 6.45) is 0. The third-order valence-corrected chi connectivity index (χ3v) is 7.71. The molecule has 0 spiro atoms. The normalized spacial score (nSPS) is 12.6. The van der Waals surface area contributed by atoms with Gasteiger partial charge < -0.3 is 10.6 Å². The number of ketones is 2. The molecule has 0 unspecified atom stereocenters. The number of carbonyl (C=O) groups excluding carboxylic acids is 4. The standard InChI is InChI=1S/C35H32Cl2N6O4/c1-19-10-13-29(21(3)16-19)39-35(47)33(23(5)45)43-41-31-15-12-25(18-27(31)37)24-11-14-30(26(36)17-24)40-42-32(22(4)44)34(46)38-28-9-7-6-8-20(28)2/h6-18,32-33H,1-5H3,(H,38,46)(H,39,47)/t32-,33+/m0/s1. The SMILES string of the molecule is CC(=O)[C@@H](N=Nc1ccc(-c2ccc(N=N[C@@H](C(C)=O)C(=O)Nc3ccccc3C)c(Cl)c2)cc1Cl)C(=O)Nc1ccc(C)cc1C. The Morgan fingerprint density at radius 3 is 1.49 bits per heavy atom. The molecule has 0 fully saturated rings. The molecule has 47 heavy (non-hydrogen) atoms. The van der Waals surface area contributed by atoms with E-state index in [0.717, 1.165) is 16.7 Å². The van der Waals surface area contributed by atoms with Crippen LogP contribution in [0.25, 0.3) is 11.1 Å². The Morgan fingerprint density at radius 2 is 1.06 bits per heavy atom. The topological polar surface area (TPSA) is 142 Å². The first-order chi connectivity index (χ1) is 22.3. The number of para-hydroxylation sites is 1. The van der Waals surface area contributed by atoms with Crippen molar-refractivity contribution in [3.05, 3.63) is 106 Å². The summed E-state index contributed by atoms with van der Waals surface area (Å²) in [6, 6.07) is 20.0. The number of azo groups is 2. The van der Waals surface area contributed by atoms with Crippen LogP contribution in [0.4, 0.5) is 22.7 Å². The van der Waals surface area contributed by atoms with Crippen LogP contribution in [0, 0.1) is 20.8 Å². The molecule has 0 saturated carbocycles. The maximum Gasteiger partial charge on any atom is 0.258 e. The molecule has 0 heterocycles. The van der Waals surface area contributed by atoms with Gasteiger partial charge in [0.05, 0.1) is 10.0 Å². The minimum Gasteiger partial charge on any atom is -0.324 e. The average molecular weight is 672 g/mol. The van der Waals surface area contributed by atoms with Gasteiger partial charge in [0.15, 0.2) is 11.6 Å². The van der Waals surface area contributed by atoms with Gasteiger partial charge in [0.25, 0.3) is 11.8 Å². The number of carbonyl (C=O) groups is 4. The highest BCUT2D eigenvalue weighted by Gasteiger charge is 2.25. The molecule has 0 aliphatic heterocycles. The molecule has 0 aliphatic carbocycles. The van der Waals surface area contributed by atoms with Gasteiger partial charge in [-0.3, -0.25) is 19.2 Å². The predicted octanol–water partition coefficient (Wildman–Crippen LogP) is 8.95. The zero-order valence-corrected chi connectivity index (χ0v) is 27.8. The Balaban J connectivity index is 1.47. The summed E-state index contributed by atoms with van der Waals surface area (Å²) >= 11 is 13.0. The van der Waals surface area contributed by atoms with E-state index in [2.05, 4.69) is 31.1 Å². The minimum absolute atomic E-state index is 0.229. The van der Waals surface area contributed by atoms with Gasteiger partial charge in [0.1, 0.15) is 11.4 Å². The third kappa shape index (κ3) is 9.02. The molecular formula is C35H32Cl2N6O4. The number of Topliss-reactive ketones (excluding diaryl/α,β-unsaturated/α-hetero) is 2. The molecule has 2 atom stereocenters. The quantitative estimate of drug-likeness (QED) is 0.121. The van der Waals surface area contributed by atoms with Crippen LogP contribution in [0.15, 0.2) is 99.3 Å². The Labute approximate surface area is 282 Å². The number of anilines is 2. The second-order valence-electron chi connectivity index (χ2n) is 10.9. The molecule has 240 valence electrons. The molecule has 0 radical (unpaired) electrons. The van der Waals surface area contributed by atoms with Crippen molar-refractivity contribution in [2.75, 3.05) is 10.6 Å². The third-order valence-electron chi connectivity index (χ3n) is 7.10. The van der Waals surface area contributed by atoms with Gasteiger partial charge in [-0.2, -0.15) is 20.5 Å². The number of aryl methyl sites for hydroxylation is 3. The van der Waals surface area contributed by atoms with E-state index >= 15 is 0 Å². The van der Waals surface area contributed by atoms with Crippen molar-refractivity contribution in [1.82, 2.24) is 0 Å². The van der Waals surface area contributed by atoms with Crippen LogP contribution in [0.1, 0.15) is 30.5 Å². The fraction of sp³-hybridized carbons (Fsp3) is 0.200. The number of halogens is 2. The lowest BCUT2D eigenvalue weighted by Gasteiger charge is -2.12. The number of amides is 2. The fourth-order valence-electron chi connectivity index (χ4n) is 4.48. The minimum atomic E-state index is -1.36. The number of hydrogen-bond donors (Lipinski definition) is 2. The second kappa shape index (κ2) is 15.5. The Morgan fingerprint density at radius 1 is 0.596 bits per heavy atom. The van der Waals surface area contributed by atoms with Crippen molar-refractivity contribution in [2.24, 2.45) is 20.5 Å². The van der Waals surface area contributed by atoms with E-state index in [9.17, 15) is 19.2 Å². The van der Waals surface area contributed by atoms with Crippen LogP contribution >= 0.6 is 23.2 Å². The number of nitrogens with one attached hydrogen (secondary N) is 2. The largest absolute Gasteiger partial charge is 0.324 e. The number of nitrogens with zero attached hydrogens (tertiary/aromatic N) is 4. The monoisotopic (exact) mass is 670 g/mol. The number of hydrogen-bond acceptors (Lipinski definition) is 8. The highest BCUT2D eigenvalue weighted by Crippen LogP contribution is 2.35. The van der Waals surface area contributed by atoms with Gasteiger partial charge in [-0.25, -0.2) is 0 Å². The van der Waals surface area contributed by atoms with Crippen molar-refractivity contribution >= 4 is 69.3 Å². The molecule has 0 bridgehead atoms. The number of benzene rings is 4. The van der Waals surface area contributed by atoms with Crippen molar-refractivity contribution in [3.63, 3.8) is 0 Å². The predicted molar refractivity (Wildman–Crippen MR) is 184 cm³/mol. The van der Waals surface area contributed by atoms with Crippen LogP contribution in [-0.4, -0.2) is 35.5 Å². The Kier molecular flexibility index (Phi) is 11.5. The van der Waals surface area contributed by atoms with Crippen molar-refractivity contribution < 1.29 is 19.2 Å². The first-order valence-corrected chi connectivity index (χ1v) is 15.3. The fourth-order valence-corrected chi connectivity index (χ4v) is 4.92. The molecule has 12 heteroatoms. The summed E-state index contributed by atoms with van der Waals surface area (Å²) in [5, 5.41) is 22.1. The molecule has 10 nitrogen and oxygen atoms in total. The van der Waals surface area contributed by atoms with E-state index in [4.69, 9.17) is 23.2 Å². The zero-order chi connectivity index (χ0) is 34.2. The van der Waals surface area contributed by atoms with Gasteiger partial charge in [-0.1, -0.05) is 71.2 Å². The first kappa shape index (κ1) is 34.8. The summed E-state index contributed by atoms with van der Waals surface area (Å²) in [4.78, 5) is 50.1. The molecule has 0 saturated heterocycles. The molecule has 0 aromatic heterocycles. The smallest absolute Gasteiger partial charge is 0.258 e. The summed E-state index contributed by atoms with van der Waals surface area (Å²) in [7, 11) is 0. The van der Waals surface area contributed by atoms with Crippen LogP contribution in [0.5, 0.6) is 0 Å². The second-order valence-corrected chi connectivity index (χ2v) is 11.7. The number of rotatable bonds is 11. The van der Waals surface area contributed by atoms with Crippen LogP contribution in [0.2, 0.25) is 10.0 Å². The van der Waals surface area contributed by atoms with Gasteiger partial charge in [0.2, 0.25) is 12.1 Å². The lowest BCUT2D eigenvalue weighted by atomic mass is 10.0. The zero-order valence-electron chi connectivity index (χ0n) is 26.3. The van der Waals surface area contributed by atoms with Gasteiger partial charge in [-0.15, -0.1) is 0 Å². The molecule has 4 rings (SSSR count). The summed E-state index contributed by atoms with van der Waals surface area (Å²) in [5.74, 6) is -2.16. The van der Waals surface area contributed by atoms with Gasteiger partial charge in [-0.05, 0) is 93.3 Å². The van der Waals surface area contributed by atoms with E-state index in [1.165, 1.54) is 13.8 Å². The molecule has 2 N–H and O–H groups in total. The molecule has 4 aromatic carbocycles. The van der Waals surface area contributed by atoms with E-state index in [0.29, 0.717) is 22.5 Å². The Hall–Kier alpha value is -5.06. The molecule has 0 aliphatic rings. The van der Waals surface area contributed by atoms with Crippen molar-refractivity contribution in [2.45, 2.75) is 46.7 Å². The van der Waals surface area contributed by atoms with E-state index < -0.39 is 35.5 Å². The van der Waals surface area contributed by atoms with Crippen molar-refractivity contribution in [3.8, 4) is 11.1 Å². The van der Waals surface area contributed by atoms with E-state index in [1.807, 2.05) is 45.0 Å². The average Bonchev–Trinajstić information content (AvgIpc) is 3.01. The lowest BCUT2D eigenvalue weighted by Crippen LogP contribution is -2.32. The molecule has 2 amide bonds. The maximum absolute atomic E-state index is 12.9. The van der Waals surface area contributed by atoms with Gasteiger partial charge >= 0.3 is 0 Å². The van der Waals surface area contributed by atoms with E-state index in [-0.39, 0.29) is 21.4 Å². The van der Waals surface area contributed by atoms with Crippen LogP contribution < -0.4 is 10.6 Å². The van der Waals surface area contributed by atoms with Crippen LogP contribution in [0.3, 0.4) is 0 Å². The van der Waals surface area contributed by atoms with E-state index in [1.54, 1.807) is 54.6 Å². The maximum atomic E-state index is 12.9.